The van der Waals surface area contributed by atoms with Crippen LogP contribution in [-0.4, -0.2) is 35.9 Å². The van der Waals surface area contributed by atoms with Crippen molar-refractivity contribution in [3.05, 3.63) is 77.9 Å². The van der Waals surface area contributed by atoms with Gasteiger partial charge in [-0.2, -0.15) is 5.10 Å². The van der Waals surface area contributed by atoms with Gasteiger partial charge in [0.2, 0.25) is 0 Å². The van der Waals surface area contributed by atoms with E-state index in [4.69, 9.17) is 5.10 Å². The second kappa shape index (κ2) is 6.97. The van der Waals surface area contributed by atoms with Crippen LogP contribution in [0.3, 0.4) is 0 Å². The Morgan fingerprint density at radius 1 is 1.10 bits per heavy atom. The Kier molecular flexibility index (Phi) is 4.16. The van der Waals surface area contributed by atoms with E-state index in [1.807, 2.05) is 61.5 Å². The zero-order valence-corrected chi connectivity index (χ0v) is 15.9. The number of nitrogens with zero attached hydrogens (tertiary/aromatic N) is 6. The molecule has 29 heavy (non-hydrogen) atoms. The first-order valence-corrected chi connectivity index (χ1v) is 9.50. The van der Waals surface area contributed by atoms with Crippen LogP contribution in [0.4, 0.5) is 5.69 Å². The van der Waals surface area contributed by atoms with Crippen molar-refractivity contribution < 1.29 is 4.79 Å². The van der Waals surface area contributed by atoms with Crippen molar-refractivity contribution in [2.45, 2.75) is 25.7 Å². The minimum Gasteiger partial charge on any atom is -0.320 e. The fourth-order valence-corrected chi connectivity index (χ4v) is 3.37. The number of aromatic nitrogens is 6. The molecular formula is C21H19N7O. The van der Waals surface area contributed by atoms with Crippen LogP contribution in [0.1, 0.15) is 40.5 Å². The lowest BCUT2D eigenvalue weighted by Crippen LogP contribution is -2.18. The molecule has 2 heterocycles. The number of nitrogens with one attached hydrogen (secondary N) is 1. The third kappa shape index (κ3) is 3.29. The minimum absolute atomic E-state index is 0.204. The molecule has 0 bridgehead atoms. The van der Waals surface area contributed by atoms with E-state index in [9.17, 15) is 4.79 Å². The van der Waals surface area contributed by atoms with E-state index in [1.165, 1.54) is 6.33 Å². The van der Waals surface area contributed by atoms with Gasteiger partial charge in [-0.25, -0.2) is 9.36 Å². The predicted molar refractivity (Wildman–Crippen MR) is 107 cm³/mol. The molecule has 1 saturated carbocycles. The number of hydrogen-bond donors (Lipinski definition) is 1. The predicted octanol–water partition coefficient (Wildman–Crippen LogP) is 3.29. The van der Waals surface area contributed by atoms with Crippen LogP contribution in [0.2, 0.25) is 0 Å². The average Bonchev–Trinajstić information content (AvgIpc) is 3.27. The molecule has 0 atom stereocenters. The lowest BCUT2D eigenvalue weighted by molar-refractivity contribution is 0.101. The largest absolute Gasteiger partial charge is 0.320 e. The number of rotatable bonds is 5. The normalized spacial score (nSPS) is 13.4. The molecule has 2 aromatic heterocycles. The van der Waals surface area contributed by atoms with Crippen molar-refractivity contribution in [1.29, 1.82) is 0 Å². The van der Waals surface area contributed by atoms with Crippen molar-refractivity contribution in [2.75, 3.05) is 5.32 Å². The molecular weight excluding hydrogens is 366 g/mol. The monoisotopic (exact) mass is 385 g/mol. The lowest BCUT2D eigenvalue weighted by Gasteiger charge is -2.12. The molecule has 1 fully saturated rings. The maximum Gasteiger partial charge on any atom is 0.274 e. The van der Waals surface area contributed by atoms with E-state index >= 15 is 0 Å². The standard InChI is InChI=1S/C21H19N7O/c1-14-17(8-5-9-19(14)27-13-22-25-26-27)23-21(29)20-12-18(15-10-11-15)24-28(20)16-6-3-2-4-7-16/h2-9,12-13,15H,10-11H2,1H3,(H,23,29). The Balaban J connectivity index is 1.50. The molecule has 1 N–H and O–H groups in total. The highest BCUT2D eigenvalue weighted by atomic mass is 16.2. The number of amides is 1. The lowest BCUT2D eigenvalue weighted by atomic mass is 10.1. The van der Waals surface area contributed by atoms with Crippen LogP contribution in [0.25, 0.3) is 11.4 Å². The molecule has 5 rings (SSSR count). The number of para-hydroxylation sites is 1. The number of anilines is 1. The van der Waals surface area contributed by atoms with Crippen LogP contribution >= 0.6 is 0 Å². The van der Waals surface area contributed by atoms with Gasteiger partial charge in [0.1, 0.15) is 12.0 Å². The van der Waals surface area contributed by atoms with E-state index in [0.717, 1.165) is 35.5 Å². The van der Waals surface area contributed by atoms with Crippen LogP contribution in [-0.2, 0) is 0 Å². The molecule has 0 radical (unpaired) electrons. The zero-order chi connectivity index (χ0) is 19.8. The van der Waals surface area contributed by atoms with Crippen LogP contribution in [0, 0.1) is 6.92 Å². The van der Waals surface area contributed by atoms with E-state index in [-0.39, 0.29) is 5.91 Å². The third-order valence-electron chi connectivity index (χ3n) is 5.11. The van der Waals surface area contributed by atoms with Crippen molar-refractivity contribution >= 4 is 11.6 Å². The maximum absolute atomic E-state index is 13.2. The summed E-state index contributed by atoms with van der Waals surface area (Å²) in [7, 11) is 0. The highest BCUT2D eigenvalue weighted by molar-refractivity contribution is 6.04. The van der Waals surface area contributed by atoms with E-state index in [1.54, 1.807) is 9.36 Å². The number of carbonyl (C=O) groups excluding carboxylic acids is 1. The summed E-state index contributed by atoms with van der Waals surface area (Å²) in [5, 5.41) is 19.0. The third-order valence-corrected chi connectivity index (χ3v) is 5.11. The Hall–Kier alpha value is -3.81. The second-order valence-corrected chi connectivity index (χ2v) is 7.13. The molecule has 1 aliphatic carbocycles. The molecule has 0 saturated heterocycles. The average molecular weight is 385 g/mol. The molecule has 0 unspecified atom stereocenters. The first-order chi connectivity index (χ1) is 14.2. The topological polar surface area (TPSA) is 90.5 Å². The van der Waals surface area contributed by atoms with Gasteiger partial charge in [0, 0.05) is 11.6 Å². The minimum atomic E-state index is -0.204. The molecule has 4 aromatic rings. The Morgan fingerprint density at radius 2 is 1.93 bits per heavy atom. The highest BCUT2D eigenvalue weighted by Crippen LogP contribution is 2.39. The van der Waals surface area contributed by atoms with E-state index in [2.05, 4.69) is 20.8 Å². The highest BCUT2D eigenvalue weighted by Gasteiger charge is 2.29. The number of benzene rings is 2. The summed E-state index contributed by atoms with van der Waals surface area (Å²) in [4.78, 5) is 13.2. The fraction of sp³-hybridized carbons (Fsp3) is 0.190. The van der Waals surface area contributed by atoms with Crippen molar-refractivity contribution in [3.8, 4) is 11.4 Å². The van der Waals surface area contributed by atoms with Crippen LogP contribution in [0.5, 0.6) is 0 Å². The van der Waals surface area contributed by atoms with Gasteiger partial charge in [0.15, 0.2) is 0 Å². The Bertz CT molecular complexity index is 1160. The van der Waals surface area contributed by atoms with E-state index < -0.39 is 0 Å². The SMILES string of the molecule is Cc1c(NC(=O)c2cc(C3CC3)nn2-c2ccccc2)cccc1-n1cnnn1. The van der Waals surface area contributed by atoms with Gasteiger partial charge in [-0.15, -0.1) is 5.10 Å². The summed E-state index contributed by atoms with van der Waals surface area (Å²) < 4.78 is 3.30. The van der Waals surface area contributed by atoms with Crippen LogP contribution < -0.4 is 5.32 Å². The first-order valence-electron chi connectivity index (χ1n) is 9.50. The van der Waals surface area contributed by atoms with Gasteiger partial charge >= 0.3 is 0 Å². The molecule has 0 spiro atoms. The van der Waals surface area contributed by atoms with Crippen molar-refractivity contribution in [3.63, 3.8) is 0 Å². The molecule has 2 aromatic carbocycles. The van der Waals surface area contributed by atoms with Crippen LogP contribution in [0.15, 0.2) is 60.9 Å². The second-order valence-electron chi connectivity index (χ2n) is 7.13. The molecule has 1 amide bonds. The summed E-state index contributed by atoms with van der Waals surface area (Å²) in [5.41, 5.74) is 4.74. The molecule has 0 aliphatic heterocycles. The van der Waals surface area contributed by atoms with Gasteiger partial charge in [0.25, 0.3) is 5.91 Å². The molecule has 1 aliphatic rings. The molecule has 144 valence electrons. The summed E-state index contributed by atoms with van der Waals surface area (Å²) in [6.07, 6.45) is 3.78. The van der Waals surface area contributed by atoms with Crippen molar-refractivity contribution in [1.82, 2.24) is 30.0 Å². The van der Waals surface area contributed by atoms with Gasteiger partial charge in [-0.3, -0.25) is 4.79 Å². The van der Waals surface area contributed by atoms with Crippen molar-refractivity contribution in [2.24, 2.45) is 0 Å². The number of tetrazole rings is 1. The van der Waals surface area contributed by atoms with E-state index in [0.29, 0.717) is 17.3 Å². The fourth-order valence-electron chi connectivity index (χ4n) is 3.37. The summed E-state index contributed by atoms with van der Waals surface area (Å²) in [6, 6.07) is 17.3. The molecule has 8 nitrogen and oxygen atoms in total. The smallest absolute Gasteiger partial charge is 0.274 e. The zero-order valence-electron chi connectivity index (χ0n) is 15.9. The first kappa shape index (κ1) is 17.3. The maximum atomic E-state index is 13.2. The summed E-state index contributed by atoms with van der Waals surface area (Å²) in [6.45, 7) is 1.93. The van der Waals surface area contributed by atoms with Gasteiger partial charge < -0.3 is 5.32 Å². The van der Waals surface area contributed by atoms with Gasteiger partial charge in [0.05, 0.1) is 17.1 Å². The number of carbonyl (C=O) groups is 1. The summed E-state index contributed by atoms with van der Waals surface area (Å²) in [5.74, 6) is 0.251. The quantitative estimate of drug-likeness (QED) is 0.569. The Morgan fingerprint density at radius 3 is 2.66 bits per heavy atom. The molecule has 8 heteroatoms. The number of hydrogen-bond acceptors (Lipinski definition) is 5. The van der Waals surface area contributed by atoms with Gasteiger partial charge in [-0.1, -0.05) is 24.3 Å². The summed E-state index contributed by atoms with van der Waals surface area (Å²) >= 11 is 0. The Labute approximate surface area is 167 Å². The van der Waals surface area contributed by atoms with Gasteiger partial charge in [-0.05, 0) is 66.1 Å².